The van der Waals surface area contributed by atoms with Gasteiger partial charge in [-0.3, -0.25) is 4.79 Å². The zero-order chi connectivity index (χ0) is 14.8. The number of aryl methyl sites for hydroxylation is 1. The minimum absolute atomic E-state index is 0.0730. The molecule has 1 aliphatic rings. The number of fused-ring (bicyclic) bond motifs is 1. The number of halogens is 1. The quantitative estimate of drug-likeness (QED) is 0.811. The molecule has 0 unspecified atom stereocenters. The molecular weight excluding hydrogens is 271 g/mol. The van der Waals surface area contributed by atoms with Crippen molar-refractivity contribution < 1.29 is 18.7 Å². The summed E-state index contributed by atoms with van der Waals surface area (Å²) in [5.74, 6) is 0.336. The molecule has 3 nitrogen and oxygen atoms in total. The van der Waals surface area contributed by atoms with Gasteiger partial charge in [-0.15, -0.1) is 0 Å². The highest BCUT2D eigenvalue weighted by Gasteiger charge is 2.21. The molecule has 0 radical (unpaired) electrons. The highest BCUT2D eigenvalue weighted by Crippen LogP contribution is 2.34. The van der Waals surface area contributed by atoms with Crippen LogP contribution in [0.2, 0.25) is 0 Å². The lowest BCUT2D eigenvalue weighted by Crippen LogP contribution is -2.17. The van der Waals surface area contributed by atoms with E-state index in [9.17, 15) is 9.18 Å². The third-order valence-electron chi connectivity index (χ3n) is 3.51. The van der Waals surface area contributed by atoms with Crippen LogP contribution in [0.5, 0.6) is 11.5 Å². The number of hydrogen-bond donors (Lipinski definition) is 0. The molecule has 21 heavy (non-hydrogen) atoms. The van der Waals surface area contributed by atoms with Crippen LogP contribution in [0.3, 0.4) is 0 Å². The van der Waals surface area contributed by atoms with Crippen LogP contribution in [0.15, 0.2) is 36.4 Å². The van der Waals surface area contributed by atoms with Crippen LogP contribution in [0.1, 0.15) is 28.4 Å². The fourth-order valence-electron chi connectivity index (χ4n) is 2.43. The van der Waals surface area contributed by atoms with E-state index in [-0.39, 0.29) is 11.3 Å². The molecule has 0 bridgehead atoms. The molecule has 0 aliphatic carbocycles. The van der Waals surface area contributed by atoms with Crippen molar-refractivity contribution in [3.05, 3.63) is 58.9 Å². The fourth-order valence-corrected chi connectivity index (χ4v) is 2.43. The summed E-state index contributed by atoms with van der Waals surface area (Å²) in [6.45, 7) is 2.89. The first-order chi connectivity index (χ1) is 10.2. The van der Waals surface area contributed by atoms with Crippen molar-refractivity contribution in [3.8, 4) is 11.5 Å². The van der Waals surface area contributed by atoms with Crippen LogP contribution in [-0.2, 0) is 6.42 Å². The normalized spacial score (nSPS) is 13.0. The van der Waals surface area contributed by atoms with Crippen molar-refractivity contribution in [2.45, 2.75) is 13.3 Å². The van der Waals surface area contributed by atoms with Gasteiger partial charge in [0.15, 0.2) is 17.3 Å². The van der Waals surface area contributed by atoms with Crippen molar-refractivity contribution in [3.63, 3.8) is 0 Å². The van der Waals surface area contributed by atoms with E-state index in [1.807, 2.05) is 13.0 Å². The lowest BCUT2D eigenvalue weighted by molar-refractivity contribution is 0.103. The Morgan fingerprint density at radius 3 is 2.43 bits per heavy atom. The fraction of sp³-hybridized carbons (Fsp3) is 0.235. The number of ketones is 1. The minimum Gasteiger partial charge on any atom is -0.486 e. The maximum absolute atomic E-state index is 13.8. The largest absolute Gasteiger partial charge is 0.486 e. The van der Waals surface area contributed by atoms with Crippen LogP contribution >= 0.6 is 0 Å². The summed E-state index contributed by atoms with van der Waals surface area (Å²) in [5, 5.41) is 0. The van der Waals surface area contributed by atoms with Crippen molar-refractivity contribution in [2.75, 3.05) is 13.2 Å². The maximum Gasteiger partial charge on any atom is 0.196 e. The van der Waals surface area contributed by atoms with E-state index >= 15 is 0 Å². The van der Waals surface area contributed by atoms with Gasteiger partial charge in [-0.05, 0) is 36.2 Å². The van der Waals surface area contributed by atoms with Gasteiger partial charge in [-0.2, -0.15) is 0 Å². The Hall–Kier alpha value is -2.36. The summed E-state index contributed by atoms with van der Waals surface area (Å²) < 4.78 is 24.9. The van der Waals surface area contributed by atoms with Gasteiger partial charge in [0.2, 0.25) is 0 Å². The molecule has 2 aromatic rings. The molecule has 3 rings (SSSR count). The second-order valence-corrected chi connectivity index (χ2v) is 4.82. The molecule has 1 aliphatic heterocycles. The van der Waals surface area contributed by atoms with Gasteiger partial charge in [0.25, 0.3) is 0 Å². The second-order valence-electron chi connectivity index (χ2n) is 4.82. The van der Waals surface area contributed by atoms with E-state index < -0.39 is 5.82 Å². The standard InChI is InChI=1S/C17H15FO3/c1-2-11-9-15-16(21-8-7-20-15)10-13(11)17(19)12-5-3-4-6-14(12)18/h3-6,9-10H,2,7-8H2,1H3. The van der Waals surface area contributed by atoms with Crippen LogP contribution in [-0.4, -0.2) is 19.0 Å². The number of carbonyl (C=O) groups is 1. The number of hydrogen-bond acceptors (Lipinski definition) is 3. The molecule has 2 aromatic carbocycles. The van der Waals surface area contributed by atoms with E-state index in [2.05, 4.69) is 0 Å². The average molecular weight is 286 g/mol. The summed E-state index contributed by atoms with van der Waals surface area (Å²) >= 11 is 0. The van der Waals surface area contributed by atoms with Crippen molar-refractivity contribution in [1.82, 2.24) is 0 Å². The third-order valence-corrected chi connectivity index (χ3v) is 3.51. The zero-order valence-electron chi connectivity index (χ0n) is 11.7. The van der Waals surface area contributed by atoms with Crippen LogP contribution < -0.4 is 9.47 Å². The first kappa shape index (κ1) is 13.6. The van der Waals surface area contributed by atoms with Gasteiger partial charge in [0.1, 0.15) is 19.0 Å². The molecule has 0 N–H and O–H groups in total. The monoisotopic (exact) mass is 286 g/mol. The molecule has 0 saturated carbocycles. The van der Waals surface area contributed by atoms with Gasteiger partial charge in [0.05, 0.1) is 5.56 Å². The predicted molar refractivity (Wildman–Crippen MR) is 76.6 cm³/mol. The van der Waals surface area contributed by atoms with Gasteiger partial charge in [-0.25, -0.2) is 4.39 Å². The van der Waals surface area contributed by atoms with Gasteiger partial charge in [0, 0.05) is 5.56 Å². The molecule has 0 spiro atoms. The van der Waals surface area contributed by atoms with Crippen molar-refractivity contribution in [2.24, 2.45) is 0 Å². The molecule has 108 valence electrons. The summed E-state index contributed by atoms with van der Waals surface area (Å²) in [5.41, 5.74) is 1.36. The summed E-state index contributed by atoms with van der Waals surface area (Å²) in [6.07, 6.45) is 0.659. The SMILES string of the molecule is CCc1cc2c(cc1C(=O)c1ccccc1F)OCCO2. The van der Waals surface area contributed by atoms with E-state index in [1.54, 1.807) is 18.2 Å². The highest BCUT2D eigenvalue weighted by molar-refractivity contribution is 6.10. The molecule has 0 fully saturated rings. The van der Waals surface area contributed by atoms with Crippen molar-refractivity contribution in [1.29, 1.82) is 0 Å². The summed E-state index contributed by atoms with van der Waals surface area (Å²) in [6, 6.07) is 9.46. The Bertz CT molecular complexity index is 694. The van der Waals surface area contributed by atoms with Crippen LogP contribution in [0.4, 0.5) is 4.39 Å². The predicted octanol–water partition coefficient (Wildman–Crippen LogP) is 3.39. The summed E-state index contributed by atoms with van der Waals surface area (Å²) in [7, 11) is 0. The van der Waals surface area contributed by atoms with E-state index in [4.69, 9.17) is 9.47 Å². The summed E-state index contributed by atoms with van der Waals surface area (Å²) in [4.78, 5) is 12.6. The number of carbonyl (C=O) groups excluding carboxylic acids is 1. The molecule has 0 amide bonds. The molecule has 0 aromatic heterocycles. The minimum atomic E-state index is -0.514. The Morgan fingerprint density at radius 2 is 1.76 bits per heavy atom. The number of ether oxygens (including phenoxy) is 2. The van der Waals surface area contributed by atoms with E-state index in [0.29, 0.717) is 36.7 Å². The van der Waals surface area contributed by atoms with Gasteiger partial charge in [-0.1, -0.05) is 19.1 Å². The zero-order valence-corrected chi connectivity index (χ0v) is 11.7. The van der Waals surface area contributed by atoms with Crippen LogP contribution in [0.25, 0.3) is 0 Å². The van der Waals surface area contributed by atoms with Gasteiger partial charge >= 0.3 is 0 Å². The Morgan fingerprint density at radius 1 is 1.10 bits per heavy atom. The number of benzene rings is 2. The Labute approximate surface area is 122 Å². The highest BCUT2D eigenvalue weighted by atomic mass is 19.1. The first-order valence-electron chi connectivity index (χ1n) is 6.92. The maximum atomic E-state index is 13.8. The molecule has 4 heteroatoms. The topological polar surface area (TPSA) is 35.5 Å². The molecular formula is C17H15FO3. The first-order valence-corrected chi connectivity index (χ1v) is 6.92. The second kappa shape index (κ2) is 5.56. The van der Waals surface area contributed by atoms with Crippen LogP contribution in [0, 0.1) is 5.82 Å². The van der Waals surface area contributed by atoms with E-state index in [1.165, 1.54) is 12.1 Å². The van der Waals surface area contributed by atoms with E-state index in [0.717, 1.165) is 5.56 Å². The molecule has 1 heterocycles. The lowest BCUT2D eigenvalue weighted by atomic mass is 9.96. The third kappa shape index (κ3) is 2.49. The molecule has 0 atom stereocenters. The Kier molecular flexibility index (Phi) is 3.60. The lowest BCUT2D eigenvalue weighted by Gasteiger charge is -2.20. The Balaban J connectivity index is 2.09. The molecule has 0 saturated heterocycles. The van der Waals surface area contributed by atoms with Gasteiger partial charge < -0.3 is 9.47 Å². The van der Waals surface area contributed by atoms with Crippen molar-refractivity contribution >= 4 is 5.78 Å². The average Bonchev–Trinajstić information content (AvgIpc) is 2.53. The number of rotatable bonds is 3. The smallest absolute Gasteiger partial charge is 0.196 e.